The number of likely N-dealkylation sites (tertiary alicyclic amines) is 1. The molecule has 1 aliphatic heterocycles. The molecule has 3 nitrogen and oxygen atoms in total. The molecule has 0 aromatic rings. The predicted octanol–water partition coefficient (Wildman–Crippen LogP) is 3.34. The lowest BCUT2D eigenvalue weighted by molar-refractivity contribution is -0.138. The molecule has 1 N–H and O–H groups in total. The molecule has 0 saturated carbocycles. The van der Waals surface area contributed by atoms with Crippen LogP contribution in [0.25, 0.3) is 0 Å². The Kier molecular flexibility index (Phi) is 8.11. The zero-order chi connectivity index (χ0) is 14.1. The number of nitrogens with zero attached hydrogens (tertiary/aromatic N) is 1. The normalized spacial score (nSPS) is 21.7. The second-order valence-corrected chi connectivity index (χ2v) is 5.88. The van der Waals surface area contributed by atoms with Crippen LogP contribution in [0.1, 0.15) is 72.1 Å². The summed E-state index contributed by atoms with van der Waals surface area (Å²) < 4.78 is 0. The molecule has 0 radical (unpaired) electrons. The minimum absolute atomic E-state index is 0.0757. The van der Waals surface area contributed by atoms with Crippen LogP contribution < -0.4 is 5.32 Å². The summed E-state index contributed by atoms with van der Waals surface area (Å²) in [7, 11) is 0. The van der Waals surface area contributed by atoms with Crippen molar-refractivity contribution in [3.63, 3.8) is 0 Å². The van der Waals surface area contributed by atoms with Crippen molar-refractivity contribution in [2.45, 2.75) is 84.2 Å². The Labute approximate surface area is 119 Å². The van der Waals surface area contributed by atoms with E-state index in [0.29, 0.717) is 11.9 Å². The maximum Gasteiger partial charge on any atom is 0.239 e. The Morgan fingerprint density at radius 3 is 2.74 bits per heavy atom. The lowest BCUT2D eigenvalue weighted by atomic mass is 10.00. The molecule has 1 fully saturated rings. The van der Waals surface area contributed by atoms with Gasteiger partial charge in [0.25, 0.3) is 0 Å². The van der Waals surface area contributed by atoms with E-state index in [1.807, 2.05) is 0 Å². The van der Waals surface area contributed by atoms with E-state index in [9.17, 15) is 4.79 Å². The third-order valence-corrected chi connectivity index (χ3v) is 4.12. The highest BCUT2D eigenvalue weighted by Crippen LogP contribution is 2.18. The van der Waals surface area contributed by atoms with Crippen molar-refractivity contribution in [1.29, 1.82) is 0 Å². The van der Waals surface area contributed by atoms with Crippen molar-refractivity contribution in [3.8, 4) is 0 Å². The summed E-state index contributed by atoms with van der Waals surface area (Å²) >= 11 is 0. The average Bonchev–Trinajstić information content (AvgIpc) is 2.42. The summed E-state index contributed by atoms with van der Waals surface area (Å²) in [5, 5.41) is 3.39. The summed E-state index contributed by atoms with van der Waals surface area (Å²) in [6.07, 6.45) is 9.57. The van der Waals surface area contributed by atoms with Gasteiger partial charge in [0.1, 0.15) is 0 Å². The zero-order valence-corrected chi connectivity index (χ0v) is 13.1. The van der Waals surface area contributed by atoms with Crippen LogP contribution in [0.4, 0.5) is 0 Å². The number of rotatable bonds is 9. The zero-order valence-electron chi connectivity index (χ0n) is 13.1. The fraction of sp³-hybridized carbons (Fsp3) is 0.938. The first-order valence-electron chi connectivity index (χ1n) is 8.24. The Morgan fingerprint density at radius 2 is 2.05 bits per heavy atom. The Bertz CT molecular complexity index is 255. The van der Waals surface area contributed by atoms with Crippen LogP contribution in [0.15, 0.2) is 0 Å². The molecule has 1 amide bonds. The number of nitrogens with one attached hydrogen (secondary N) is 1. The molecule has 112 valence electrons. The van der Waals surface area contributed by atoms with E-state index in [4.69, 9.17) is 0 Å². The average molecular weight is 268 g/mol. The second kappa shape index (κ2) is 9.35. The summed E-state index contributed by atoms with van der Waals surface area (Å²) in [5.41, 5.74) is 0. The van der Waals surface area contributed by atoms with Crippen LogP contribution >= 0.6 is 0 Å². The van der Waals surface area contributed by atoms with Gasteiger partial charge in [-0.1, -0.05) is 39.5 Å². The number of piperidine rings is 1. The standard InChI is InChI=1S/C16H32N2O/c1-4-6-7-8-10-14(3)18-13-9-11-15(16(18)19)17-12-5-2/h14-15,17H,4-13H2,1-3H3. The first-order chi connectivity index (χ1) is 9.20. The van der Waals surface area contributed by atoms with Crippen LogP contribution in [0.5, 0.6) is 0 Å². The minimum Gasteiger partial charge on any atom is -0.339 e. The van der Waals surface area contributed by atoms with E-state index < -0.39 is 0 Å². The lowest BCUT2D eigenvalue weighted by Gasteiger charge is -2.37. The SMILES string of the molecule is CCCCCCC(C)N1CCCC(NCCC)C1=O. The van der Waals surface area contributed by atoms with Crippen molar-refractivity contribution >= 4 is 5.91 Å². The van der Waals surface area contributed by atoms with E-state index in [1.54, 1.807) is 0 Å². The third kappa shape index (κ3) is 5.52. The maximum absolute atomic E-state index is 12.4. The van der Waals surface area contributed by atoms with Crippen LogP contribution in [0.3, 0.4) is 0 Å². The maximum atomic E-state index is 12.4. The number of carbonyl (C=O) groups is 1. The quantitative estimate of drug-likeness (QED) is 0.651. The van der Waals surface area contributed by atoms with Crippen LogP contribution in [0.2, 0.25) is 0 Å². The molecular formula is C16H32N2O. The van der Waals surface area contributed by atoms with Crippen LogP contribution in [0, 0.1) is 0 Å². The van der Waals surface area contributed by atoms with E-state index in [2.05, 4.69) is 31.0 Å². The monoisotopic (exact) mass is 268 g/mol. The molecule has 1 aliphatic rings. The summed E-state index contributed by atoms with van der Waals surface area (Å²) in [6, 6.07) is 0.488. The molecule has 1 saturated heterocycles. The topological polar surface area (TPSA) is 32.3 Å². The molecule has 1 rings (SSSR count). The van der Waals surface area contributed by atoms with Gasteiger partial charge in [0.15, 0.2) is 0 Å². The molecular weight excluding hydrogens is 236 g/mol. The molecule has 0 bridgehead atoms. The highest BCUT2D eigenvalue weighted by Gasteiger charge is 2.30. The molecule has 2 atom stereocenters. The summed E-state index contributed by atoms with van der Waals surface area (Å²) in [5.74, 6) is 0.336. The molecule has 0 spiro atoms. The summed E-state index contributed by atoms with van der Waals surface area (Å²) in [4.78, 5) is 14.5. The molecule has 2 unspecified atom stereocenters. The Hall–Kier alpha value is -0.570. The van der Waals surface area contributed by atoms with E-state index in [-0.39, 0.29) is 6.04 Å². The van der Waals surface area contributed by atoms with Crippen molar-refractivity contribution in [2.24, 2.45) is 0 Å². The van der Waals surface area contributed by atoms with E-state index in [1.165, 1.54) is 25.7 Å². The largest absolute Gasteiger partial charge is 0.339 e. The molecule has 0 aromatic heterocycles. The Morgan fingerprint density at radius 1 is 1.26 bits per heavy atom. The van der Waals surface area contributed by atoms with Gasteiger partial charge >= 0.3 is 0 Å². The smallest absolute Gasteiger partial charge is 0.239 e. The highest BCUT2D eigenvalue weighted by atomic mass is 16.2. The number of carbonyl (C=O) groups excluding carboxylic acids is 1. The van der Waals surface area contributed by atoms with Gasteiger partial charge in [-0.3, -0.25) is 4.79 Å². The fourth-order valence-electron chi connectivity index (χ4n) is 2.87. The van der Waals surface area contributed by atoms with Gasteiger partial charge in [0, 0.05) is 12.6 Å². The van der Waals surface area contributed by atoms with Gasteiger partial charge in [0.2, 0.25) is 5.91 Å². The minimum atomic E-state index is 0.0757. The van der Waals surface area contributed by atoms with Crippen molar-refractivity contribution < 1.29 is 4.79 Å². The van der Waals surface area contributed by atoms with Gasteiger partial charge in [0.05, 0.1) is 6.04 Å². The first kappa shape index (κ1) is 16.5. The van der Waals surface area contributed by atoms with Gasteiger partial charge in [-0.15, -0.1) is 0 Å². The number of unbranched alkanes of at least 4 members (excludes halogenated alkanes) is 3. The van der Waals surface area contributed by atoms with Gasteiger partial charge in [-0.05, 0) is 39.2 Å². The molecule has 0 aromatic carbocycles. The molecule has 1 heterocycles. The van der Waals surface area contributed by atoms with Gasteiger partial charge in [-0.25, -0.2) is 0 Å². The highest BCUT2D eigenvalue weighted by molar-refractivity contribution is 5.82. The molecule has 3 heteroatoms. The van der Waals surface area contributed by atoms with E-state index >= 15 is 0 Å². The lowest BCUT2D eigenvalue weighted by Crippen LogP contribution is -2.53. The second-order valence-electron chi connectivity index (χ2n) is 5.88. The van der Waals surface area contributed by atoms with Gasteiger partial charge in [-0.2, -0.15) is 0 Å². The van der Waals surface area contributed by atoms with Gasteiger partial charge < -0.3 is 10.2 Å². The number of amides is 1. The third-order valence-electron chi connectivity index (χ3n) is 4.12. The molecule has 19 heavy (non-hydrogen) atoms. The number of hydrogen-bond acceptors (Lipinski definition) is 2. The Balaban J connectivity index is 2.36. The molecule has 0 aliphatic carbocycles. The predicted molar refractivity (Wildman–Crippen MR) is 81.2 cm³/mol. The van der Waals surface area contributed by atoms with Crippen molar-refractivity contribution in [1.82, 2.24) is 10.2 Å². The van der Waals surface area contributed by atoms with E-state index in [0.717, 1.165) is 38.8 Å². The van der Waals surface area contributed by atoms with Crippen molar-refractivity contribution in [2.75, 3.05) is 13.1 Å². The number of hydrogen-bond donors (Lipinski definition) is 1. The van der Waals surface area contributed by atoms with Crippen molar-refractivity contribution in [3.05, 3.63) is 0 Å². The van der Waals surface area contributed by atoms with Crippen LogP contribution in [-0.2, 0) is 4.79 Å². The first-order valence-corrected chi connectivity index (χ1v) is 8.24. The fourth-order valence-corrected chi connectivity index (χ4v) is 2.87. The van der Waals surface area contributed by atoms with Crippen LogP contribution in [-0.4, -0.2) is 36.0 Å². The summed E-state index contributed by atoms with van der Waals surface area (Å²) in [6.45, 7) is 8.51.